The van der Waals surface area contributed by atoms with E-state index >= 15 is 0 Å². The van der Waals surface area contributed by atoms with Gasteiger partial charge in [-0.2, -0.15) is 17.9 Å². The van der Waals surface area contributed by atoms with Crippen molar-refractivity contribution in [2.75, 3.05) is 0 Å². The van der Waals surface area contributed by atoms with Gasteiger partial charge in [-0.3, -0.25) is 9.69 Å². The second-order valence-electron chi connectivity index (χ2n) is 6.08. The number of hydrogen-bond acceptors (Lipinski definition) is 5. The van der Waals surface area contributed by atoms with Gasteiger partial charge in [-0.25, -0.2) is 0 Å². The molecule has 140 valence electrons. The molecule has 1 N–H and O–H groups in total. The maximum atomic E-state index is 13.4. The Bertz CT molecular complexity index is 822. The SMILES string of the molecule is CC(C(=O)O)N(Cc1nnnn1-c1ccc(Cl)cc1C(F)(F)F)C1CC1. The molecule has 2 aromatic rings. The van der Waals surface area contributed by atoms with Crippen LogP contribution in [0.4, 0.5) is 13.2 Å². The quantitative estimate of drug-likeness (QED) is 0.817. The fourth-order valence-electron chi connectivity index (χ4n) is 2.71. The molecular weight excluding hydrogens is 375 g/mol. The summed E-state index contributed by atoms with van der Waals surface area (Å²) in [5.74, 6) is -0.892. The second kappa shape index (κ2) is 6.84. The van der Waals surface area contributed by atoms with Gasteiger partial charge in [0.2, 0.25) is 0 Å². The molecule has 26 heavy (non-hydrogen) atoms. The molecule has 11 heteroatoms. The Morgan fingerprint density at radius 1 is 1.46 bits per heavy atom. The highest BCUT2D eigenvalue weighted by atomic mass is 35.5. The van der Waals surface area contributed by atoms with Gasteiger partial charge < -0.3 is 5.11 Å². The average Bonchev–Trinajstić information content (AvgIpc) is 3.30. The van der Waals surface area contributed by atoms with Crippen molar-refractivity contribution in [1.29, 1.82) is 0 Å². The van der Waals surface area contributed by atoms with E-state index in [1.807, 2.05) is 0 Å². The minimum absolute atomic E-state index is 0.0189. The van der Waals surface area contributed by atoms with E-state index in [0.717, 1.165) is 23.6 Å². The van der Waals surface area contributed by atoms with Crippen molar-refractivity contribution < 1.29 is 23.1 Å². The molecule has 0 bridgehead atoms. The Kier molecular flexibility index (Phi) is 4.89. The fraction of sp³-hybridized carbons (Fsp3) is 0.467. The van der Waals surface area contributed by atoms with Gasteiger partial charge in [0, 0.05) is 11.1 Å². The average molecular weight is 390 g/mol. The highest BCUT2D eigenvalue weighted by molar-refractivity contribution is 6.30. The van der Waals surface area contributed by atoms with Crippen LogP contribution >= 0.6 is 11.6 Å². The number of alkyl halides is 3. The van der Waals surface area contributed by atoms with Crippen molar-refractivity contribution in [1.82, 2.24) is 25.1 Å². The summed E-state index contributed by atoms with van der Waals surface area (Å²) >= 11 is 5.70. The highest BCUT2D eigenvalue weighted by Gasteiger charge is 2.38. The van der Waals surface area contributed by atoms with Crippen LogP contribution in [0, 0.1) is 0 Å². The van der Waals surface area contributed by atoms with Crippen molar-refractivity contribution >= 4 is 17.6 Å². The van der Waals surface area contributed by atoms with Crippen LogP contribution in [-0.4, -0.2) is 48.3 Å². The molecule has 1 heterocycles. The first-order chi connectivity index (χ1) is 12.2. The van der Waals surface area contributed by atoms with Crippen molar-refractivity contribution in [3.63, 3.8) is 0 Å². The van der Waals surface area contributed by atoms with Gasteiger partial charge in [0.15, 0.2) is 5.82 Å². The minimum Gasteiger partial charge on any atom is -0.480 e. The van der Waals surface area contributed by atoms with E-state index in [9.17, 15) is 23.1 Å². The smallest absolute Gasteiger partial charge is 0.418 e. The molecule has 1 fully saturated rings. The van der Waals surface area contributed by atoms with Gasteiger partial charge in [0.25, 0.3) is 0 Å². The number of carbonyl (C=O) groups is 1. The van der Waals surface area contributed by atoms with Crippen molar-refractivity contribution in [2.24, 2.45) is 0 Å². The summed E-state index contributed by atoms with van der Waals surface area (Å²) in [6.07, 6.45) is -2.99. The molecule has 1 atom stereocenters. The Balaban J connectivity index is 1.98. The van der Waals surface area contributed by atoms with Crippen molar-refractivity contribution in [3.05, 3.63) is 34.6 Å². The Labute approximate surface area is 151 Å². The molecule has 0 radical (unpaired) electrons. The molecular formula is C15H15ClF3N5O2. The molecule has 0 aliphatic heterocycles. The monoisotopic (exact) mass is 389 g/mol. The van der Waals surface area contributed by atoms with Crippen LogP contribution < -0.4 is 0 Å². The molecule has 7 nitrogen and oxygen atoms in total. The van der Waals surface area contributed by atoms with Gasteiger partial charge in [-0.05, 0) is 48.4 Å². The third kappa shape index (κ3) is 3.80. The third-order valence-corrected chi connectivity index (χ3v) is 4.46. The zero-order valence-corrected chi connectivity index (χ0v) is 14.4. The number of tetrazole rings is 1. The maximum absolute atomic E-state index is 13.4. The van der Waals surface area contributed by atoms with Crippen LogP contribution in [0.3, 0.4) is 0 Å². The van der Waals surface area contributed by atoms with Gasteiger partial charge in [0.05, 0.1) is 17.8 Å². The van der Waals surface area contributed by atoms with Crippen LogP contribution in [0.1, 0.15) is 31.2 Å². The van der Waals surface area contributed by atoms with Gasteiger partial charge in [-0.1, -0.05) is 11.6 Å². The number of nitrogens with zero attached hydrogens (tertiary/aromatic N) is 5. The molecule has 1 aromatic heterocycles. The number of rotatable bonds is 6. The molecule has 1 aliphatic rings. The number of aliphatic carboxylic acids is 1. The lowest BCUT2D eigenvalue weighted by Crippen LogP contribution is -2.40. The van der Waals surface area contributed by atoms with Crippen LogP contribution in [-0.2, 0) is 17.5 Å². The number of aromatic nitrogens is 4. The number of benzene rings is 1. The Hall–Kier alpha value is -2.20. The maximum Gasteiger partial charge on any atom is 0.418 e. The van der Waals surface area contributed by atoms with Gasteiger partial charge in [-0.15, -0.1) is 5.10 Å². The summed E-state index contributed by atoms with van der Waals surface area (Å²) in [6.45, 7) is 1.54. The van der Waals surface area contributed by atoms with E-state index in [2.05, 4.69) is 15.5 Å². The standard InChI is InChI=1S/C15H15ClF3N5O2/c1-8(14(25)26)23(10-3-4-10)7-13-20-21-22-24(13)12-5-2-9(16)6-11(12)15(17,18)19/h2,5-6,8,10H,3-4,7H2,1H3,(H,25,26). The lowest BCUT2D eigenvalue weighted by Gasteiger charge is -2.25. The van der Waals surface area contributed by atoms with Crippen molar-refractivity contribution in [3.8, 4) is 5.69 Å². The summed E-state index contributed by atoms with van der Waals surface area (Å²) in [5, 5.41) is 20.1. The summed E-state index contributed by atoms with van der Waals surface area (Å²) < 4.78 is 41.0. The zero-order valence-electron chi connectivity index (χ0n) is 13.6. The third-order valence-electron chi connectivity index (χ3n) is 4.22. The summed E-state index contributed by atoms with van der Waals surface area (Å²) in [5.41, 5.74) is -1.23. The largest absolute Gasteiger partial charge is 0.480 e. The Morgan fingerprint density at radius 3 is 2.73 bits per heavy atom. The topological polar surface area (TPSA) is 84.1 Å². The van der Waals surface area contributed by atoms with E-state index < -0.39 is 23.8 Å². The van der Waals surface area contributed by atoms with E-state index in [-0.39, 0.29) is 29.1 Å². The fourth-order valence-corrected chi connectivity index (χ4v) is 2.88. The van der Waals surface area contributed by atoms with Gasteiger partial charge in [0.1, 0.15) is 6.04 Å². The van der Waals surface area contributed by atoms with Crippen LogP contribution in [0.15, 0.2) is 18.2 Å². The molecule has 0 amide bonds. The van der Waals surface area contributed by atoms with E-state index in [1.54, 1.807) is 4.90 Å². The first-order valence-electron chi connectivity index (χ1n) is 7.81. The number of hydrogen-bond donors (Lipinski definition) is 1. The number of halogens is 4. The predicted molar refractivity (Wildman–Crippen MR) is 84.8 cm³/mol. The van der Waals surface area contributed by atoms with E-state index in [1.165, 1.54) is 19.1 Å². The summed E-state index contributed by atoms with van der Waals surface area (Å²) in [7, 11) is 0. The zero-order chi connectivity index (χ0) is 19.1. The van der Waals surface area contributed by atoms with Crippen LogP contribution in [0.2, 0.25) is 5.02 Å². The molecule has 3 rings (SSSR count). The summed E-state index contributed by atoms with van der Waals surface area (Å²) in [6, 6.07) is 2.56. The molecule has 0 saturated heterocycles. The molecule has 1 aliphatic carbocycles. The first-order valence-corrected chi connectivity index (χ1v) is 8.19. The highest BCUT2D eigenvalue weighted by Crippen LogP contribution is 2.36. The Morgan fingerprint density at radius 2 is 2.15 bits per heavy atom. The number of carboxylic acid groups (broad SMARTS) is 1. The van der Waals surface area contributed by atoms with E-state index in [0.29, 0.717) is 0 Å². The second-order valence-corrected chi connectivity index (χ2v) is 6.52. The van der Waals surface area contributed by atoms with Gasteiger partial charge >= 0.3 is 12.1 Å². The minimum atomic E-state index is -4.64. The molecule has 1 unspecified atom stereocenters. The molecule has 1 saturated carbocycles. The predicted octanol–water partition coefficient (Wildman–Crippen LogP) is 2.77. The van der Waals surface area contributed by atoms with E-state index in [4.69, 9.17) is 11.6 Å². The lowest BCUT2D eigenvalue weighted by molar-refractivity contribution is -0.143. The van der Waals surface area contributed by atoms with Crippen molar-refractivity contribution in [2.45, 2.75) is 44.6 Å². The normalized spacial score (nSPS) is 16.1. The first kappa shape index (κ1) is 18.6. The summed E-state index contributed by atoms with van der Waals surface area (Å²) in [4.78, 5) is 13.0. The lowest BCUT2D eigenvalue weighted by atomic mass is 10.1. The molecule has 0 spiro atoms. The van der Waals surface area contributed by atoms with Crippen LogP contribution in [0.5, 0.6) is 0 Å². The van der Waals surface area contributed by atoms with Crippen LogP contribution in [0.25, 0.3) is 5.69 Å². The number of carboxylic acids is 1. The molecule has 1 aromatic carbocycles.